The number of benzene rings is 1. The number of aliphatic hydroxyl groups excluding tert-OH is 1. The molecular weight excluding hydrogens is 325 g/mol. The van der Waals surface area contributed by atoms with Gasteiger partial charge in [-0.05, 0) is 24.6 Å². The molecule has 0 saturated carbocycles. The van der Waals surface area contributed by atoms with Crippen LogP contribution in [-0.2, 0) is 6.54 Å². The maximum Gasteiger partial charge on any atom is 0.156 e. The summed E-state index contributed by atoms with van der Waals surface area (Å²) in [5, 5.41) is 18.1. The molecule has 0 fully saturated rings. The van der Waals surface area contributed by atoms with Gasteiger partial charge in [-0.15, -0.1) is 0 Å². The Balaban J connectivity index is 1.66. The maximum atomic E-state index is 9.90. The second-order valence-electron chi connectivity index (χ2n) is 5.00. The van der Waals surface area contributed by atoms with E-state index in [0.717, 1.165) is 12.1 Å². The Morgan fingerprint density at radius 2 is 2.09 bits per heavy atom. The first kappa shape index (κ1) is 17.1. The molecule has 7 heteroatoms. The summed E-state index contributed by atoms with van der Waals surface area (Å²) >= 11 is 12.0. The zero-order chi connectivity index (χ0) is 15.9. The van der Waals surface area contributed by atoms with Crippen LogP contribution in [0.4, 0.5) is 0 Å². The maximum absolute atomic E-state index is 9.90. The van der Waals surface area contributed by atoms with Crippen LogP contribution in [0.1, 0.15) is 5.56 Å². The Labute approximate surface area is 139 Å². The molecule has 0 radical (unpaired) electrons. The van der Waals surface area contributed by atoms with Gasteiger partial charge in [0.15, 0.2) is 5.75 Å². The summed E-state index contributed by atoms with van der Waals surface area (Å²) in [6.45, 7) is 4.00. The third-order valence-corrected chi connectivity index (χ3v) is 3.59. The molecule has 0 saturated heterocycles. The molecular formula is C15H19Cl2N3O2. The normalized spacial score (nSPS) is 12.4. The average Bonchev–Trinajstić information content (AvgIpc) is 2.89. The molecule has 0 aliphatic carbocycles. The van der Waals surface area contributed by atoms with Crippen LogP contribution in [0.5, 0.6) is 5.75 Å². The number of ether oxygens (including phenoxy) is 1. The van der Waals surface area contributed by atoms with Crippen molar-refractivity contribution < 1.29 is 9.84 Å². The predicted molar refractivity (Wildman–Crippen MR) is 87.8 cm³/mol. The van der Waals surface area contributed by atoms with E-state index in [1.165, 1.54) is 0 Å². The molecule has 1 aromatic heterocycles. The first-order chi connectivity index (χ1) is 10.6. The monoisotopic (exact) mass is 343 g/mol. The number of aliphatic hydroxyl groups is 1. The van der Waals surface area contributed by atoms with Crippen LogP contribution in [0.25, 0.3) is 0 Å². The van der Waals surface area contributed by atoms with E-state index in [2.05, 4.69) is 10.4 Å². The minimum atomic E-state index is -0.647. The van der Waals surface area contributed by atoms with Crippen LogP contribution in [0.15, 0.2) is 30.6 Å². The molecule has 0 aliphatic heterocycles. The van der Waals surface area contributed by atoms with E-state index in [-0.39, 0.29) is 6.61 Å². The number of rotatable bonds is 8. The summed E-state index contributed by atoms with van der Waals surface area (Å²) in [6.07, 6.45) is 3.14. The van der Waals surface area contributed by atoms with Crippen LogP contribution < -0.4 is 10.1 Å². The van der Waals surface area contributed by atoms with Gasteiger partial charge < -0.3 is 15.2 Å². The zero-order valence-corrected chi connectivity index (χ0v) is 13.8. The van der Waals surface area contributed by atoms with Gasteiger partial charge in [0.1, 0.15) is 12.7 Å². The Hall–Kier alpha value is -1.27. The number of hydrogen-bond donors (Lipinski definition) is 2. The molecule has 2 aromatic rings. The fourth-order valence-corrected chi connectivity index (χ4v) is 2.42. The van der Waals surface area contributed by atoms with E-state index < -0.39 is 6.10 Å². The van der Waals surface area contributed by atoms with Crippen molar-refractivity contribution in [3.05, 3.63) is 46.2 Å². The van der Waals surface area contributed by atoms with Crippen molar-refractivity contribution >= 4 is 23.2 Å². The summed E-state index contributed by atoms with van der Waals surface area (Å²) in [5.41, 5.74) is 1.13. The number of aromatic nitrogens is 2. The van der Waals surface area contributed by atoms with E-state index in [1.54, 1.807) is 18.2 Å². The van der Waals surface area contributed by atoms with E-state index in [1.807, 2.05) is 24.0 Å². The molecule has 120 valence electrons. The van der Waals surface area contributed by atoms with Crippen molar-refractivity contribution in [3.63, 3.8) is 0 Å². The van der Waals surface area contributed by atoms with Gasteiger partial charge in [-0.3, -0.25) is 4.68 Å². The standard InChI is InChI=1S/C15H19Cl2N3O2/c1-11-7-19-20(9-11)6-5-18-8-12(21)10-22-15-13(16)3-2-4-14(15)17/h2-4,7,9,12,18,21H,5-6,8,10H2,1H3/t12-/m0/s1. The Kier molecular flexibility index (Phi) is 6.51. The van der Waals surface area contributed by atoms with Gasteiger partial charge in [-0.1, -0.05) is 29.3 Å². The molecule has 0 amide bonds. The number of para-hydroxylation sites is 1. The number of nitrogens with one attached hydrogen (secondary N) is 1. The first-order valence-electron chi connectivity index (χ1n) is 7.01. The lowest BCUT2D eigenvalue weighted by molar-refractivity contribution is 0.106. The first-order valence-corrected chi connectivity index (χ1v) is 7.76. The summed E-state index contributed by atoms with van der Waals surface area (Å²) in [7, 11) is 0. The van der Waals surface area contributed by atoms with Crippen molar-refractivity contribution in [1.82, 2.24) is 15.1 Å². The lowest BCUT2D eigenvalue weighted by atomic mass is 10.3. The molecule has 0 spiro atoms. The van der Waals surface area contributed by atoms with Crippen molar-refractivity contribution in [2.24, 2.45) is 0 Å². The molecule has 0 unspecified atom stereocenters. The molecule has 0 aliphatic rings. The summed E-state index contributed by atoms with van der Waals surface area (Å²) in [5.74, 6) is 0.400. The van der Waals surface area contributed by atoms with Gasteiger partial charge in [0.2, 0.25) is 0 Å². The van der Waals surface area contributed by atoms with Crippen LogP contribution in [0, 0.1) is 6.92 Å². The Morgan fingerprint density at radius 3 is 2.73 bits per heavy atom. The summed E-state index contributed by atoms with van der Waals surface area (Å²) in [4.78, 5) is 0. The molecule has 1 heterocycles. The Morgan fingerprint density at radius 1 is 1.36 bits per heavy atom. The lowest BCUT2D eigenvalue weighted by Gasteiger charge is -2.15. The second-order valence-corrected chi connectivity index (χ2v) is 5.81. The van der Waals surface area contributed by atoms with Gasteiger partial charge in [0.25, 0.3) is 0 Å². The fourth-order valence-electron chi connectivity index (χ4n) is 1.91. The number of halogens is 2. The smallest absolute Gasteiger partial charge is 0.156 e. The van der Waals surface area contributed by atoms with E-state index in [4.69, 9.17) is 27.9 Å². The lowest BCUT2D eigenvalue weighted by Crippen LogP contribution is -2.33. The van der Waals surface area contributed by atoms with Gasteiger partial charge in [0.05, 0.1) is 22.8 Å². The minimum absolute atomic E-state index is 0.122. The van der Waals surface area contributed by atoms with Gasteiger partial charge in [-0.2, -0.15) is 5.10 Å². The van der Waals surface area contributed by atoms with E-state index >= 15 is 0 Å². The molecule has 1 atom stereocenters. The van der Waals surface area contributed by atoms with Crippen LogP contribution in [-0.4, -0.2) is 40.7 Å². The molecule has 22 heavy (non-hydrogen) atoms. The summed E-state index contributed by atoms with van der Waals surface area (Å²) in [6, 6.07) is 5.13. The summed E-state index contributed by atoms with van der Waals surface area (Å²) < 4.78 is 7.33. The number of aryl methyl sites for hydroxylation is 1. The van der Waals surface area contributed by atoms with Crippen molar-refractivity contribution in [2.45, 2.75) is 19.6 Å². The van der Waals surface area contributed by atoms with Gasteiger partial charge >= 0.3 is 0 Å². The largest absolute Gasteiger partial charge is 0.488 e. The average molecular weight is 344 g/mol. The third kappa shape index (κ3) is 5.18. The molecule has 5 nitrogen and oxygen atoms in total. The highest BCUT2D eigenvalue weighted by Crippen LogP contribution is 2.32. The molecule has 2 N–H and O–H groups in total. The van der Waals surface area contributed by atoms with E-state index in [9.17, 15) is 5.11 Å². The van der Waals surface area contributed by atoms with Crippen LogP contribution in [0.2, 0.25) is 10.0 Å². The highest BCUT2D eigenvalue weighted by molar-refractivity contribution is 6.37. The van der Waals surface area contributed by atoms with Gasteiger partial charge in [-0.25, -0.2) is 0 Å². The molecule has 0 bridgehead atoms. The highest BCUT2D eigenvalue weighted by Gasteiger charge is 2.10. The van der Waals surface area contributed by atoms with Crippen molar-refractivity contribution in [1.29, 1.82) is 0 Å². The quantitative estimate of drug-likeness (QED) is 0.723. The van der Waals surface area contributed by atoms with Crippen LogP contribution >= 0.6 is 23.2 Å². The SMILES string of the molecule is Cc1cnn(CCNC[C@H](O)COc2c(Cl)cccc2Cl)c1. The number of hydrogen-bond acceptors (Lipinski definition) is 4. The minimum Gasteiger partial charge on any atom is -0.488 e. The molecule has 1 aromatic carbocycles. The predicted octanol–water partition coefficient (Wildman–Crippen LogP) is 2.53. The third-order valence-electron chi connectivity index (χ3n) is 3.00. The van der Waals surface area contributed by atoms with Crippen molar-refractivity contribution in [3.8, 4) is 5.75 Å². The number of nitrogens with zero attached hydrogens (tertiary/aromatic N) is 2. The highest BCUT2D eigenvalue weighted by atomic mass is 35.5. The topological polar surface area (TPSA) is 59.3 Å². The van der Waals surface area contributed by atoms with Crippen LogP contribution in [0.3, 0.4) is 0 Å². The molecule has 2 rings (SSSR count). The van der Waals surface area contributed by atoms with Gasteiger partial charge in [0, 0.05) is 19.3 Å². The van der Waals surface area contributed by atoms with Crippen molar-refractivity contribution in [2.75, 3.05) is 19.7 Å². The Bertz CT molecular complexity index is 584. The zero-order valence-electron chi connectivity index (χ0n) is 12.3. The second kappa shape index (κ2) is 8.39. The fraction of sp³-hybridized carbons (Fsp3) is 0.400. The van der Waals surface area contributed by atoms with E-state index in [0.29, 0.717) is 28.9 Å².